The Bertz CT molecular complexity index is 448. The summed E-state index contributed by atoms with van der Waals surface area (Å²) < 4.78 is 25.6. The molecule has 1 saturated carbocycles. The van der Waals surface area contributed by atoms with E-state index in [0.717, 1.165) is 36.9 Å². The summed E-state index contributed by atoms with van der Waals surface area (Å²) in [6, 6.07) is 0. The van der Waals surface area contributed by atoms with Crippen LogP contribution in [-0.2, 0) is 16.4 Å². The summed E-state index contributed by atoms with van der Waals surface area (Å²) in [7, 11) is -3.01. The van der Waals surface area contributed by atoms with E-state index >= 15 is 0 Å². The standard InChI is InChI=1S/C10H17N3O2S/c1-8-9(7-11-13-8)3-2-6-12-16(14,15)10-4-5-10/h7,10,12H,2-6H2,1H3,(H,11,13). The monoisotopic (exact) mass is 243 g/mol. The molecule has 2 N–H and O–H groups in total. The molecule has 0 radical (unpaired) electrons. The number of hydrogen-bond donors (Lipinski definition) is 2. The molecule has 1 aromatic heterocycles. The molecule has 0 bridgehead atoms. The first-order valence-electron chi connectivity index (χ1n) is 5.57. The lowest BCUT2D eigenvalue weighted by Crippen LogP contribution is -2.28. The van der Waals surface area contributed by atoms with Crippen LogP contribution in [-0.4, -0.2) is 30.4 Å². The van der Waals surface area contributed by atoms with E-state index in [1.165, 1.54) is 0 Å². The zero-order valence-corrected chi connectivity index (χ0v) is 10.2. The van der Waals surface area contributed by atoms with Crippen molar-refractivity contribution in [1.82, 2.24) is 14.9 Å². The molecule has 0 unspecified atom stereocenters. The summed E-state index contributed by atoms with van der Waals surface area (Å²) in [6.45, 7) is 2.49. The van der Waals surface area contributed by atoms with Crippen LogP contribution in [0.15, 0.2) is 6.20 Å². The quantitative estimate of drug-likeness (QED) is 0.723. The van der Waals surface area contributed by atoms with Gasteiger partial charge in [-0.1, -0.05) is 0 Å². The summed E-state index contributed by atoms with van der Waals surface area (Å²) in [5.74, 6) is 0. The van der Waals surface area contributed by atoms with E-state index in [2.05, 4.69) is 14.9 Å². The summed E-state index contributed by atoms with van der Waals surface area (Å²) in [6.07, 6.45) is 5.10. The number of nitrogens with zero attached hydrogens (tertiary/aromatic N) is 1. The maximum Gasteiger partial charge on any atom is 0.214 e. The lowest BCUT2D eigenvalue weighted by atomic mass is 10.1. The molecule has 0 saturated heterocycles. The molecule has 0 atom stereocenters. The first-order valence-corrected chi connectivity index (χ1v) is 7.11. The van der Waals surface area contributed by atoms with Crippen molar-refractivity contribution >= 4 is 10.0 Å². The second-order valence-corrected chi connectivity index (χ2v) is 6.31. The number of aromatic amines is 1. The largest absolute Gasteiger partial charge is 0.283 e. The molecule has 6 heteroatoms. The van der Waals surface area contributed by atoms with Crippen LogP contribution in [0.4, 0.5) is 0 Å². The van der Waals surface area contributed by atoms with Crippen molar-refractivity contribution in [3.63, 3.8) is 0 Å². The number of aryl methyl sites for hydroxylation is 2. The van der Waals surface area contributed by atoms with Crippen LogP contribution in [0.5, 0.6) is 0 Å². The van der Waals surface area contributed by atoms with E-state index in [0.29, 0.717) is 6.54 Å². The average Bonchev–Trinajstić information content (AvgIpc) is 3.00. The van der Waals surface area contributed by atoms with Crippen LogP contribution in [0.25, 0.3) is 0 Å². The Hall–Kier alpha value is -0.880. The van der Waals surface area contributed by atoms with E-state index in [4.69, 9.17) is 0 Å². The smallest absolute Gasteiger partial charge is 0.214 e. The van der Waals surface area contributed by atoms with Gasteiger partial charge in [-0.05, 0) is 38.2 Å². The zero-order chi connectivity index (χ0) is 11.6. The highest BCUT2D eigenvalue weighted by Crippen LogP contribution is 2.27. The van der Waals surface area contributed by atoms with Crippen LogP contribution in [0.3, 0.4) is 0 Å². The average molecular weight is 243 g/mol. The number of hydrogen-bond acceptors (Lipinski definition) is 3. The van der Waals surface area contributed by atoms with Crippen LogP contribution in [0.2, 0.25) is 0 Å². The third-order valence-electron chi connectivity index (χ3n) is 2.82. The molecule has 1 aromatic rings. The van der Waals surface area contributed by atoms with Gasteiger partial charge in [-0.2, -0.15) is 5.10 Å². The summed E-state index contributed by atoms with van der Waals surface area (Å²) in [4.78, 5) is 0. The van der Waals surface area contributed by atoms with Gasteiger partial charge in [0.05, 0.1) is 11.4 Å². The van der Waals surface area contributed by atoms with Crippen molar-refractivity contribution in [2.75, 3.05) is 6.54 Å². The van der Waals surface area contributed by atoms with Crippen molar-refractivity contribution in [3.8, 4) is 0 Å². The van der Waals surface area contributed by atoms with Gasteiger partial charge in [0.25, 0.3) is 0 Å². The first-order chi connectivity index (χ1) is 7.59. The Morgan fingerprint density at radius 1 is 1.56 bits per heavy atom. The number of aromatic nitrogens is 2. The van der Waals surface area contributed by atoms with Gasteiger partial charge in [-0.15, -0.1) is 0 Å². The van der Waals surface area contributed by atoms with Gasteiger partial charge >= 0.3 is 0 Å². The van der Waals surface area contributed by atoms with Crippen LogP contribution in [0.1, 0.15) is 30.5 Å². The Kier molecular flexibility index (Phi) is 3.30. The molecule has 1 fully saturated rings. The molecule has 16 heavy (non-hydrogen) atoms. The highest BCUT2D eigenvalue weighted by molar-refractivity contribution is 7.90. The molecule has 90 valence electrons. The fourth-order valence-corrected chi connectivity index (χ4v) is 3.04. The number of H-pyrrole nitrogens is 1. The number of rotatable bonds is 6. The van der Waals surface area contributed by atoms with Crippen molar-refractivity contribution in [1.29, 1.82) is 0 Å². The molecule has 1 heterocycles. The van der Waals surface area contributed by atoms with Crippen molar-refractivity contribution in [2.24, 2.45) is 0 Å². The highest BCUT2D eigenvalue weighted by atomic mass is 32.2. The van der Waals surface area contributed by atoms with Crippen molar-refractivity contribution in [2.45, 2.75) is 37.9 Å². The second-order valence-electron chi connectivity index (χ2n) is 4.26. The zero-order valence-electron chi connectivity index (χ0n) is 9.36. The van der Waals surface area contributed by atoms with E-state index in [-0.39, 0.29) is 5.25 Å². The van der Waals surface area contributed by atoms with Crippen molar-refractivity contribution in [3.05, 3.63) is 17.5 Å². The third kappa shape index (κ3) is 2.82. The Balaban J connectivity index is 1.71. The van der Waals surface area contributed by atoms with Gasteiger partial charge in [0.1, 0.15) is 0 Å². The molecular formula is C10H17N3O2S. The van der Waals surface area contributed by atoms with Gasteiger partial charge in [-0.3, -0.25) is 5.10 Å². The fraction of sp³-hybridized carbons (Fsp3) is 0.700. The van der Waals surface area contributed by atoms with Crippen LogP contribution < -0.4 is 4.72 Å². The van der Waals surface area contributed by atoms with Gasteiger partial charge in [0, 0.05) is 12.2 Å². The van der Waals surface area contributed by atoms with Crippen LogP contribution in [0, 0.1) is 6.92 Å². The fourth-order valence-electron chi connectivity index (χ4n) is 1.62. The minimum Gasteiger partial charge on any atom is -0.283 e. The van der Waals surface area contributed by atoms with Crippen LogP contribution >= 0.6 is 0 Å². The van der Waals surface area contributed by atoms with E-state index in [9.17, 15) is 8.42 Å². The minimum absolute atomic E-state index is 0.122. The van der Waals surface area contributed by atoms with E-state index in [1.54, 1.807) is 6.20 Å². The highest BCUT2D eigenvalue weighted by Gasteiger charge is 2.34. The Morgan fingerprint density at radius 3 is 2.88 bits per heavy atom. The normalized spacial score (nSPS) is 16.6. The maximum atomic E-state index is 11.5. The Labute approximate surface area is 95.7 Å². The number of sulfonamides is 1. The van der Waals surface area contributed by atoms with Gasteiger partial charge in [0.15, 0.2) is 0 Å². The molecular weight excluding hydrogens is 226 g/mol. The summed E-state index contributed by atoms with van der Waals surface area (Å²) in [5.41, 5.74) is 2.22. The molecule has 1 aliphatic rings. The van der Waals surface area contributed by atoms with Gasteiger partial charge < -0.3 is 0 Å². The second kappa shape index (κ2) is 4.55. The molecule has 0 aliphatic heterocycles. The molecule has 0 aromatic carbocycles. The molecule has 2 rings (SSSR count). The molecule has 0 amide bonds. The molecule has 1 aliphatic carbocycles. The van der Waals surface area contributed by atoms with E-state index in [1.807, 2.05) is 6.92 Å². The minimum atomic E-state index is -3.01. The van der Waals surface area contributed by atoms with Gasteiger partial charge in [-0.25, -0.2) is 13.1 Å². The predicted molar refractivity (Wildman–Crippen MR) is 61.6 cm³/mol. The summed E-state index contributed by atoms with van der Waals surface area (Å²) >= 11 is 0. The van der Waals surface area contributed by atoms with E-state index < -0.39 is 10.0 Å². The lowest BCUT2D eigenvalue weighted by Gasteiger charge is -2.04. The number of nitrogens with one attached hydrogen (secondary N) is 2. The SMILES string of the molecule is Cc1[nH]ncc1CCCNS(=O)(=O)C1CC1. The third-order valence-corrected chi connectivity index (χ3v) is 4.78. The van der Waals surface area contributed by atoms with Crippen molar-refractivity contribution < 1.29 is 8.42 Å². The maximum absolute atomic E-state index is 11.5. The first kappa shape index (κ1) is 11.6. The lowest BCUT2D eigenvalue weighted by molar-refractivity contribution is 0.577. The summed E-state index contributed by atoms with van der Waals surface area (Å²) in [5, 5.41) is 6.67. The predicted octanol–water partition coefficient (Wildman–Crippen LogP) is 0.733. The molecule has 5 nitrogen and oxygen atoms in total. The Morgan fingerprint density at radius 2 is 2.31 bits per heavy atom. The van der Waals surface area contributed by atoms with Gasteiger partial charge in [0.2, 0.25) is 10.0 Å². The molecule has 0 spiro atoms. The topological polar surface area (TPSA) is 74.8 Å².